The van der Waals surface area contributed by atoms with Gasteiger partial charge in [0.2, 0.25) is 0 Å². The topological polar surface area (TPSA) is 77.4 Å². The molecule has 0 radical (unpaired) electrons. The summed E-state index contributed by atoms with van der Waals surface area (Å²) in [6, 6.07) is 0. The van der Waals surface area contributed by atoms with E-state index in [4.69, 9.17) is 0 Å². The van der Waals surface area contributed by atoms with Crippen LogP contribution in [0.25, 0.3) is 0 Å². The van der Waals surface area contributed by atoms with Gasteiger partial charge >= 0.3 is 29.6 Å². The van der Waals surface area contributed by atoms with Crippen LogP contribution in [-0.2, 0) is 10.1 Å². The van der Waals surface area contributed by atoms with E-state index in [9.17, 15) is 18.1 Å². The Labute approximate surface area is 210 Å². The Morgan fingerprint density at radius 1 is 0.600 bits per heavy atom. The third-order valence-electron chi connectivity index (χ3n) is 6.00. The fourth-order valence-corrected chi connectivity index (χ4v) is 5.00. The van der Waals surface area contributed by atoms with Crippen molar-refractivity contribution in [1.29, 1.82) is 0 Å². The molecular weight excluding hydrogens is 407 g/mol. The normalized spacial score (nSPS) is 13.7. The van der Waals surface area contributed by atoms with Gasteiger partial charge in [0.25, 0.3) is 0 Å². The van der Waals surface area contributed by atoms with Crippen LogP contribution < -0.4 is 29.6 Å². The van der Waals surface area contributed by atoms with Crippen molar-refractivity contribution in [3.8, 4) is 0 Å². The van der Waals surface area contributed by atoms with E-state index in [1.807, 2.05) is 6.92 Å². The summed E-state index contributed by atoms with van der Waals surface area (Å²) in [5, 5.41) is 8.90. The van der Waals surface area contributed by atoms with Gasteiger partial charge in [-0.05, 0) is 12.8 Å². The van der Waals surface area contributed by atoms with Crippen molar-refractivity contribution in [1.82, 2.24) is 0 Å². The molecule has 0 aliphatic rings. The fraction of sp³-hybridized carbons (Fsp3) is 1.00. The second kappa shape index (κ2) is 23.0. The molecule has 1 N–H and O–H groups in total. The van der Waals surface area contributed by atoms with Crippen molar-refractivity contribution < 1.29 is 47.6 Å². The molecule has 0 rings (SSSR count). The molecule has 0 aromatic rings. The number of aliphatic hydroxyl groups is 1. The Kier molecular flexibility index (Phi) is 25.4. The summed E-state index contributed by atoms with van der Waals surface area (Å²) < 4.78 is 34.2. The van der Waals surface area contributed by atoms with E-state index in [1.54, 1.807) is 0 Å². The van der Waals surface area contributed by atoms with Crippen LogP contribution in [0, 0.1) is 0 Å². The first-order chi connectivity index (χ1) is 13.9. The summed E-state index contributed by atoms with van der Waals surface area (Å²) in [5.74, 6) is 0. The quantitative estimate of drug-likeness (QED) is 0.151. The molecule has 0 aliphatic carbocycles. The average molecular weight is 457 g/mol. The third-order valence-corrected chi connectivity index (χ3v) is 7.29. The molecule has 30 heavy (non-hydrogen) atoms. The summed E-state index contributed by atoms with van der Waals surface area (Å²) >= 11 is 0. The first-order valence-electron chi connectivity index (χ1n) is 12.6. The van der Waals surface area contributed by atoms with Gasteiger partial charge in [-0.15, -0.1) is 0 Å². The molecule has 0 fully saturated rings. The van der Waals surface area contributed by atoms with Gasteiger partial charge in [-0.1, -0.05) is 129 Å². The summed E-state index contributed by atoms with van der Waals surface area (Å²) in [6.45, 7) is 4.25. The van der Waals surface area contributed by atoms with Gasteiger partial charge in [0.05, 0.1) is 11.4 Å². The predicted molar refractivity (Wildman–Crippen MR) is 123 cm³/mol. The van der Waals surface area contributed by atoms with E-state index >= 15 is 0 Å². The zero-order chi connectivity index (χ0) is 21.8. The number of hydrogen-bond acceptors (Lipinski definition) is 4. The van der Waals surface area contributed by atoms with Crippen molar-refractivity contribution in [3.05, 3.63) is 0 Å². The average Bonchev–Trinajstić information content (AvgIpc) is 2.67. The molecule has 2 unspecified atom stereocenters. The van der Waals surface area contributed by atoms with Crippen LogP contribution >= 0.6 is 0 Å². The van der Waals surface area contributed by atoms with E-state index in [1.165, 1.54) is 83.5 Å². The maximum absolute atomic E-state index is 11.4. The standard InChI is InChI=1S/C24H50O4S.Na/c1-3-5-7-8-9-10-11-12-13-14-15-16-17-18-19-20-22-24(29(26,27)28)23(25)21-6-4-2;/h23-25H,3-22H2,1-2H3,(H,26,27,28);/q;+1/p-1. The monoisotopic (exact) mass is 456 g/mol. The van der Waals surface area contributed by atoms with Crippen molar-refractivity contribution in [3.63, 3.8) is 0 Å². The van der Waals surface area contributed by atoms with E-state index < -0.39 is 21.5 Å². The first-order valence-corrected chi connectivity index (χ1v) is 14.0. The van der Waals surface area contributed by atoms with Gasteiger partial charge in [-0.2, -0.15) is 0 Å². The number of unbranched alkanes of at least 4 members (excludes halogenated alkanes) is 16. The zero-order valence-electron chi connectivity index (χ0n) is 20.4. The van der Waals surface area contributed by atoms with Crippen LogP contribution in [0.1, 0.15) is 142 Å². The van der Waals surface area contributed by atoms with Gasteiger partial charge in [0.15, 0.2) is 0 Å². The van der Waals surface area contributed by atoms with E-state index in [0.29, 0.717) is 19.3 Å². The molecule has 0 amide bonds. The first kappa shape index (κ1) is 33.0. The number of rotatable bonds is 22. The van der Waals surface area contributed by atoms with Crippen molar-refractivity contribution in [2.24, 2.45) is 0 Å². The molecule has 6 heteroatoms. The Morgan fingerprint density at radius 2 is 0.933 bits per heavy atom. The Morgan fingerprint density at radius 3 is 1.27 bits per heavy atom. The minimum Gasteiger partial charge on any atom is -0.748 e. The summed E-state index contributed by atoms with van der Waals surface area (Å²) in [7, 11) is -4.42. The van der Waals surface area contributed by atoms with Crippen LogP contribution in [0.15, 0.2) is 0 Å². The maximum atomic E-state index is 11.4. The minimum absolute atomic E-state index is 0. The Balaban J connectivity index is 0. The smallest absolute Gasteiger partial charge is 0.748 e. The second-order valence-electron chi connectivity index (χ2n) is 8.83. The van der Waals surface area contributed by atoms with E-state index in [0.717, 1.165) is 25.7 Å². The summed E-state index contributed by atoms with van der Waals surface area (Å²) in [4.78, 5) is 0. The number of aliphatic hydroxyl groups excluding tert-OH is 1. The van der Waals surface area contributed by atoms with Crippen LogP contribution in [0.2, 0.25) is 0 Å². The zero-order valence-corrected chi connectivity index (χ0v) is 23.2. The van der Waals surface area contributed by atoms with Gasteiger partial charge in [-0.25, -0.2) is 8.42 Å². The minimum atomic E-state index is -4.42. The fourth-order valence-electron chi connectivity index (χ4n) is 4.02. The third kappa shape index (κ3) is 20.8. The van der Waals surface area contributed by atoms with E-state index in [-0.39, 0.29) is 29.6 Å². The second-order valence-corrected chi connectivity index (χ2v) is 10.4. The SMILES string of the molecule is CCCCCCCCCCCCCCCCCCC(C(O)CCCC)S(=O)(=O)[O-].[Na+]. The molecule has 0 heterocycles. The molecule has 0 aromatic heterocycles. The molecular formula is C24H49NaO4S. The molecule has 0 aromatic carbocycles. The van der Waals surface area contributed by atoms with Crippen molar-refractivity contribution in [2.75, 3.05) is 0 Å². The van der Waals surface area contributed by atoms with Crippen LogP contribution in [-0.4, -0.2) is 29.4 Å². The van der Waals surface area contributed by atoms with E-state index in [2.05, 4.69) is 6.92 Å². The number of hydrogen-bond donors (Lipinski definition) is 1. The maximum Gasteiger partial charge on any atom is 1.00 e. The largest absolute Gasteiger partial charge is 1.00 e. The molecule has 4 nitrogen and oxygen atoms in total. The molecule has 0 bridgehead atoms. The molecule has 0 saturated heterocycles. The molecule has 0 spiro atoms. The van der Waals surface area contributed by atoms with Crippen molar-refractivity contribution in [2.45, 2.75) is 154 Å². The van der Waals surface area contributed by atoms with Gasteiger partial charge < -0.3 is 9.66 Å². The van der Waals surface area contributed by atoms with Gasteiger partial charge in [-0.3, -0.25) is 0 Å². The molecule has 0 aliphatic heterocycles. The Hall–Kier alpha value is 0.870. The Bertz CT molecular complexity index is 442. The van der Waals surface area contributed by atoms with Crippen LogP contribution in [0.4, 0.5) is 0 Å². The molecule has 2 atom stereocenters. The van der Waals surface area contributed by atoms with Gasteiger partial charge in [0, 0.05) is 0 Å². The van der Waals surface area contributed by atoms with Crippen molar-refractivity contribution >= 4 is 10.1 Å². The van der Waals surface area contributed by atoms with Gasteiger partial charge in [0.1, 0.15) is 10.1 Å². The summed E-state index contributed by atoms with van der Waals surface area (Å²) in [5.41, 5.74) is 0. The predicted octanol–water partition coefficient (Wildman–Crippen LogP) is 4.11. The van der Waals surface area contributed by atoms with Crippen LogP contribution in [0.3, 0.4) is 0 Å². The van der Waals surface area contributed by atoms with Crippen LogP contribution in [0.5, 0.6) is 0 Å². The molecule has 176 valence electrons. The molecule has 0 saturated carbocycles. The summed E-state index contributed by atoms with van der Waals surface area (Å²) in [6.07, 6.45) is 21.6.